The van der Waals surface area contributed by atoms with Gasteiger partial charge in [-0.1, -0.05) is 53.5 Å². The molecule has 1 saturated heterocycles. The first-order valence-corrected chi connectivity index (χ1v) is 10.7. The first-order chi connectivity index (χ1) is 15.1. The molecular formula is C22H22Cl2N6O. The number of nitrogens with zero attached hydrogens (tertiary/aromatic N) is 4. The first kappa shape index (κ1) is 21.4. The van der Waals surface area contributed by atoms with E-state index in [2.05, 4.69) is 54.7 Å². The van der Waals surface area contributed by atoms with E-state index >= 15 is 0 Å². The van der Waals surface area contributed by atoms with Crippen LogP contribution in [-0.2, 0) is 6.54 Å². The standard InChI is InChI=1S/C22H22Cl2N6O/c23-17-6-7-18(24)19(12-17)27-22(31)28-20-13-21(26-15-25-20)30-10-8-29(9-11-30)14-16-4-2-1-3-5-16/h1-7,12-13,15H,8-11,14H2,(H2,25,26,27,28,31). The van der Waals surface area contributed by atoms with Crippen LogP contribution >= 0.6 is 23.2 Å². The third-order valence-corrected chi connectivity index (χ3v) is 5.58. The Morgan fingerprint density at radius 2 is 1.71 bits per heavy atom. The predicted molar refractivity (Wildman–Crippen MR) is 125 cm³/mol. The lowest BCUT2D eigenvalue weighted by Gasteiger charge is -2.35. The molecule has 160 valence electrons. The van der Waals surface area contributed by atoms with Crippen molar-refractivity contribution in [1.82, 2.24) is 14.9 Å². The number of aromatic nitrogens is 2. The summed E-state index contributed by atoms with van der Waals surface area (Å²) in [7, 11) is 0. The van der Waals surface area contributed by atoms with Crippen LogP contribution in [0.2, 0.25) is 10.0 Å². The lowest BCUT2D eigenvalue weighted by molar-refractivity contribution is 0.249. The summed E-state index contributed by atoms with van der Waals surface area (Å²) in [5.74, 6) is 1.19. The van der Waals surface area contributed by atoms with Gasteiger partial charge in [-0.2, -0.15) is 0 Å². The summed E-state index contributed by atoms with van der Waals surface area (Å²) in [4.78, 5) is 25.5. The van der Waals surface area contributed by atoms with E-state index in [9.17, 15) is 4.79 Å². The summed E-state index contributed by atoms with van der Waals surface area (Å²) in [6.45, 7) is 4.53. The van der Waals surface area contributed by atoms with Crippen LogP contribution in [0.25, 0.3) is 0 Å². The van der Waals surface area contributed by atoms with E-state index in [4.69, 9.17) is 23.2 Å². The maximum Gasteiger partial charge on any atom is 0.324 e. The molecule has 0 atom stereocenters. The largest absolute Gasteiger partial charge is 0.354 e. The fraction of sp³-hybridized carbons (Fsp3) is 0.227. The molecule has 1 aliphatic rings. The number of rotatable bonds is 5. The highest BCUT2D eigenvalue weighted by atomic mass is 35.5. The van der Waals surface area contributed by atoms with Gasteiger partial charge in [-0.15, -0.1) is 0 Å². The van der Waals surface area contributed by atoms with E-state index in [1.165, 1.54) is 11.9 Å². The monoisotopic (exact) mass is 456 g/mol. The number of urea groups is 1. The van der Waals surface area contributed by atoms with Gasteiger partial charge in [0.25, 0.3) is 0 Å². The number of carbonyl (C=O) groups is 1. The van der Waals surface area contributed by atoms with Gasteiger partial charge in [0.15, 0.2) is 0 Å². The van der Waals surface area contributed by atoms with Gasteiger partial charge in [0, 0.05) is 43.8 Å². The number of nitrogens with one attached hydrogen (secondary N) is 2. The molecule has 0 unspecified atom stereocenters. The van der Waals surface area contributed by atoms with Crippen molar-refractivity contribution < 1.29 is 4.79 Å². The molecule has 1 aromatic heterocycles. The van der Waals surface area contributed by atoms with Crippen LogP contribution in [0.1, 0.15) is 5.56 Å². The Labute approximate surface area is 191 Å². The molecule has 9 heteroatoms. The normalized spacial score (nSPS) is 14.3. The van der Waals surface area contributed by atoms with E-state index in [1.54, 1.807) is 24.3 Å². The zero-order chi connectivity index (χ0) is 21.6. The lowest BCUT2D eigenvalue weighted by Crippen LogP contribution is -2.46. The van der Waals surface area contributed by atoms with Crippen molar-refractivity contribution in [1.29, 1.82) is 0 Å². The molecule has 2 amide bonds. The molecule has 1 fully saturated rings. The zero-order valence-electron chi connectivity index (χ0n) is 16.8. The molecular weight excluding hydrogens is 435 g/mol. The van der Waals surface area contributed by atoms with E-state index in [0.29, 0.717) is 21.6 Å². The van der Waals surface area contributed by atoms with Gasteiger partial charge in [0.1, 0.15) is 18.0 Å². The minimum Gasteiger partial charge on any atom is -0.354 e. The quantitative estimate of drug-likeness (QED) is 0.579. The number of anilines is 3. The van der Waals surface area contributed by atoms with Crippen molar-refractivity contribution in [2.45, 2.75) is 6.54 Å². The molecule has 0 saturated carbocycles. The van der Waals surface area contributed by atoms with Crippen LogP contribution in [0.5, 0.6) is 0 Å². The third kappa shape index (κ3) is 5.85. The highest BCUT2D eigenvalue weighted by molar-refractivity contribution is 6.35. The number of halogens is 2. The van der Waals surface area contributed by atoms with Gasteiger partial charge in [-0.3, -0.25) is 10.2 Å². The molecule has 3 aromatic rings. The highest BCUT2D eigenvalue weighted by Crippen LogP contribution is 2.25. The minimum atomic E-state index is -0.457. The number of hydrogen-bond acceptors (Lipinski definition) is 5. The molecule has 2 aromatic carbocycles. The molecule has 31 heavy (non-hydrogen) atoms. The number of amides is 2. The molecule has 2 N–H and O–H groups in total. The minimum absolute atomic E-state index is 0.399. The van der Waals surface area contributed by atoms with Crippen molar-refractivity contribution >= 4 is 46.6 Å². The molecule has 1 aliphatic heterocycles. The third-order valence-electron chi connectivity index (χ3n) is 5.02. The van der Waals surface area contributed by atoms with Crippen molar-refractivity contribution in [2.24, 2.45) is 0 Å². The van der Waals surface area contributed by atoms with Crippen molar-refractivity contribution in [3.63, 3.8) is 0 Å². The lowest BCUT2D eigenvalue weighted by atomic mass is 10.2. The van der Waals surface area contributed by atoms with Crippen molar-refractivity contribution in [3.05, 3.63) is 76.5 Å². The summed E-state index contributed by atoms with van der Waals surface area (Å²) in [6, 6.07) is 16.6. The number of benzene rings is 2. The van der Waals surface area contributed by atoms with Gasteiger partial charge in [-0.25, -0.2) is 14.8 Å². The second kappa shape index (κ2) is 9.96. The maximum atomic E-state index is 12.3. The second-order valence-electron chi connectivity index (χ2n) is 7.21. The molecule has 4 rings (SSSR count). The topological polar surface area (TPSA) is 73.4 Å². The Balaban J connectivity index is 1.33. The summed E-state index contributed by atoms with van der Waals surface area (Å²) in [6.07, 6.45) is 1.45. The SMILES string of the molecule is O=C(Nc1cc(N2CCN(Cc3ccccc3)CC2)ncn1)Nc1cc(Cl)ccc1Cl. The van der Waals surface area contributed by atoms with Crippen LogP contribution in [-0.4, -0.2) is 47.1 Å². The van der Waals surface area contributed by atoms with Gasteiger partial charge >= 0.3 is 6.03 Å². The summed E-state index contributed by atoms with van der Waals surface area (Å²) >= 11 is 12.1. The highest BCUT2D eigenvalue weighted by Gasteiger charge is 2.19. The Morgan fingerprint density at radius 1 is 0.935 bits per heavy atom. The first-order valence-electron chi connectivity index (χ1n) is 9.93. The average Bonchev–Trinajstić information content (AvgIpc) is 2.78. The summed E-state index contributed by atoms with van der Waals surface area (Å²) in [5.41, 5.74) is 1.74. The van der Waals surface area contributed by atoms with Gasteiger partial charge in [-0.05, 0) is 23.8 Å². The molecule has 0 spiro atoms. The maximum absolute atomic E-state index is 12.3. The smallest absolute Gasteiger partial charge is 0.324 e. The van der Waals surface area contributed by atoms with E-state index < -0.39 is 6.03 Å². The fourth-order valence-electron chi connectivity index (χ4n) is 3.43. The average molecular weight is 457 g/mol. The Kier molecular flexibility index (Phi) is 6.86. The number of hydrogen-bond donors (Lipinski definition) is 2. The van der Waals surface area contributed by atoms with Crippen LogP contribution in [0.3, 0.4) is 0 Å². The van der Waals surface area contributed by atoms with Crippen LogP contribution in [0, 0.1) is 0 Å². The van der Waals surface area contributed by atoms with Gasteiger partial charge in [0.05, 0.1) is 10.7 Å². The summed E-state index contributed by atoms with van der Waals surface area (Å²) in [5, 5.41) is 6.28. The number of carbonyl (C=O) groups excluding carboxylic acids is 1. The van der Waals surface area contributed by atoms with Crippen LogP contribution < -0.4 is 15.5 Å². The Hall–Kier alpha value is -2.87. The van der Waals surface area contributed by atoms with Gasteiger partial charge in [0.2, 0.25) is 0 Å². The second-order valence-corrected chi connectivity index (χ2v) is 8.06. The molecule has 0 radical (unpaired) electrons. The fourth-order valence-corrected chi connectivity index (χ4v) is 3.77. The van der Waals surface area contributed by atoms with Crippen LogP contribution in [0.4, 0.5) is 22.1 Å². The molecule has 0 bridgehead atoms. The van der Waals surface area contributed by atoms with E-state index in [0.717, 1.165) is 38.5 Å². The molecule has 2 heterocycles. The van der Waals surface area contributed by atoms with Crippen LogP contribution in [0.15, 0.2) is 60.9 Å². The van der Waals surface area contributed by atoms with Gasteiger partial charge < -0.3 is 10.2 Å². The molecule has 7 nitrogen and oxygen atoms in total. The molecule has 0 aliphatic carbocycles. The van der Waals surface area contributed by atoms with E-state index in [-0.39, 0.29) is 0 Å². The Bertz CT molecular complexity index is 1040. The predicted octanol–water partition coefficient (Wildman–Crippen LogP) is 4.75. The Morgan fingerprint density at radius 3 is 2.48 bits per heavy atom. The summed E-state index contributed by atoms with van der Waals surface area (Å²) < 4.78 is 0. The zero-order valence-corrected chi connectivity index (χ0v) is 18.3. The van der Waals surface area contributed by atoms with Crippen molar-refractivity contribution in [2.75, 3.05) is 41.7 Å². The number of piperazine rings is 1. The van der Waals surface area contributed by atoms with E-state index in [1.807, 2.05) is 6.07 Å². The van der Waals surface area contributed by atoms with Crippen molar-refractivity contribution in [3.8, 4) is 0 Å².